The maximum Gasteiger partial charge on any atom is 0.119 e. The van der Waals surface area contributed by atoms with Crippen LogP contribution in [0, 0.1) is 0 Å². The summed E-state index contributed by atoms with van der Waals surface area (Å²) in [5.74, 6) is 0.984. The van der Waals surface area contributed by atoms with Gasteiger partial charge in [-0.1, -0.05) is 24.3 Å². The largest absolute Gasteiger partial charge is 0.490 e. The molecule has 2 heterocycles. The minimum atomic E-state index is 0.350. The molecule has 0 unspecified atom stereocenters. The number of pyridine rings is 1. The van der Waals surface area contributed by atoms with E-state index >= 15 is 0 Å². The van der Waals surface area contributed by atoms with Crippen molar-refractivity contribution >= 4 is 0 Å². The lowest BCUT2D eigenvalue weighted by molar-refractivity contribution is 0.0967. The van der Waals surface area contributed by atoms with Gasteiger partial charge >= 0.3 is 0 Å². The zero-order valence-corrected chi connectivity index (χ0v) is 11.6. The van der Waals surface area contributed by atoms with Crippen LogP contribution in [-0.2, 0) is 6.54 Å². The van der Waals surface area contributed by atoms with Crippen molar-refractivity contribution in [3.63, 3.8) is 0 Å². The third-order valence-electron chi connectivity index (χ3n) is 3.71. The minimum Gasteiger partial charge on any atom is -0.490 e. The molecular formula is C17H20N2O. The lowest BCUT2D eigenvalue weighted by Gasteiger charge is -2.32. The summed E-state index contributed by atoms with van der Waals surface area (Å²) in [6.07, 6.45) is 6.31. The number of nitrogens with zero attached hydrogens (tertiary/aromatic N) is 2. The van der Waals surface area contributed by atoms with Crippen LogP contribution in [0.1, 0.15) is 18.4 Å². The quantitative estimate of drug-likeness (QED) is 0.852. The molecule has 1 saturated heterocycles. The van der Waals surface area contributed by atoms with E-state index in [1.54, 1.807) is 0 Å². The molecule has 1 aromatic heterocycles. The van der Waals surface area contributed by atoms with Crippen LogP contribution in [0.5, 0.6) is 5.75 Å². The average Bonchev–Trinajstić information content (AvgIpc) is 2.51. The molecule has 0 radical (unpaired) electrons. The molecule has 3 rings (SSSR count). The molecule has 1 aromatic carbocycles. The smallest absolute Gasteiger partial charge is 0.119 e. The van der Waals surface area contributed by atoms with Crippen molar-refractivity contribution in [1.82, 2.24) is 9.88 Å². The third-order valence-corrected chi connectivity index (χ3v) is 3.71. The molecule has 1 fully saturated rings. The number of likely N-dealkylation sites (tertiary alicyclic amines) is 1. The van der Waals surface area contributed by atoms with Crippen LogP contribution in [0.25, 0.3) is 0 Å². The highest BCUT2D eigenvalue weighted by atomic mass is 16.5. The molecule has 104 valence electrons. The van der Waals surface area contributed by atoms with Gasteiger partial charge in [-0.2, -0.15) is 0 Å². The maximum absolute atomic E-state index is 6.01. The van der Waals surface area contributed by atoms with Gasteiger partial charge in [0.2, 0.25) is 0 Å². The topological polar surface area (TPSA) is 25.4 Å². The van der Waals surface area contributed by atoms with Gasteiger partial charge in [0.1, 0.15) is 11.9 Å². The van der Waals surface area contributed by atoms with Gasteiger partial charge in [-0.25, -0.2) is 0 Å². The first kappa shape index (κ1) is 13.1. The van der Waals surface area contributed by atoms with E-state index in [4.69, 9.17) is 4.74 Å². The Morgan fingerprint density at radius 2 is 1.85 bits per heavy atom. The molecule has 3 nitrogen and oxygen atoms in total. The number of para-hydroxylation sites is 1. The number of piperidine rings is 1. The molecule has 0 spiro atoms. The van der Waals surface area contributed by atoms with Gasteiger partial charge in [0.25, 0.3) is 0 Å². The zero-order valence-electron chi connectivity index (χ0n) is 11.6. The molecule has 0 amide bonds. The Morgan fingerprint density at radius 1 is 1.05 bits per heavy atom. The lowest BCUT2D eigenvalue weighted by atomic mass is 10.1. The summed E-state index contributed by atoms with van der Waals surface area (Å²) in [6, 6.07) is 14.3. The molecule has 0 N–H and O–H groups in total. The monoisotopic (exact) mass is 268 g/mol. The second-order valence-corrected chi connectivity index (χ2v) is 5.27. The van der Waals surface area contributed by atoms with Crippen molar-refractivity contribution in [3.05, 3.63) is 60.4 Å². The van der Waals surface area contributed by atoms with Crippen LogP contribution in [0.4, 0.5) is 0 Å². The lowest BCUT2D eigenvalue weighted by Crippen LogP contribution is -2.37. The van der Waals surface area contributed by atoms with E-state index in [1.165, 1.54) is 5.56 Å². The normalized spacial score (nSPS) is 17.0. The molecule has 0 aliphatic carbocycles. The van der Waals surface area contributed by atoms with Crippen molar-refractivity contribution in [2.75, 3.05) is 13.1 Å². The first-order valence-electron chi connectivity index (χ1n) is 7.23. The third kappa shape index (κ3) is 3.58. The van der Waals surface area contributed by atoms with Crippen LogP contribution in [0.3, 0.4) is 0 Å². The molecule has 0 atom stereocenters. The second kappa shape index (κ2) is 6.53. The van der Waals surface area contributed by atoms with Gasteiger partial charge in [0, 0.05) is 32.0 Å². The average molecular weight is 268 g/mol. The Kier molecular flexibility index (Phi) is 4.28. The number of benzene rings is 1. The highest BCUT2D eigenvalue weighted by Gasteiger charge is 2.20. The Balaban J connectivity index is 1.47. The van der Waals surface area contributed by atoms with E-state index in [0.717, 1.165) is 38.2 Å². The van der Waals surface area contributed by atoms with E-state index in [-0.39, 0.29) is 0 Å². The fourth-order valence-electron chi connectivity index (χ4n) is 2.63. The van der Waals surface area contributed by atoms with Crippen LogP contribution in [0.15, 0.2) is 54.9 Å². The predicted octanol–water partition coefficient (Wildman–Crippen LogP) is 3.13. The van der Waals surface area contributed by atoms with Gasteiger partial charge in [0.15, 0.2) is 0 Å². The predicted molar refractivity (Wildman–Crippen MR) is 79.6 cm³/mol. The highest BCUT2D eigenvalue weighted by molar-refractivity contribution is 5.21. The summed E-state index contributed by atoms with van der Waals surface area (Å²) >= 11 is 0. The Labute approximate surface area is 120 Å². The first-order chi connectivity index (χ1) is 9.90. The van der Waals surface area contributed by atoms with Gasteiger partial charge in [-0.3, -0.25) is 9.88 Å². The van der Waals surface area contributed by atoms with E-state index < -0.39 is 0 Å². The number of hydrogen-bond acceptors (Lipinski definition) is 3. The molecule has 20 heavy (non-hydrogen) atoms. The van der Waals surface area contributed by atoms with Crippen LogP contribution in [0.2, 0.25) is 0 Å². The van der Waals surface area contributed by atoms with E-state index in [9.17, 15) is 0 Å². The summed E-state index contributed by atoms with van der Waals surface area (Å²) in [6.45, 7) is 3.17. The summed E-state index contributed by atoms with van der Waals surface area (Å²) < 4.78 is 6.01. The standard InChI is InChI=1S/C17H20N2O/c1-2-6-16(7-3-1)20-17-8-11-19(12-9-17)14-15-5-4-10-18-13-15/h1-7,10,13,17H,8-9,11-12,14H2. The van der Waals surface area contributed by atoms with Crippen molar-refractivity contribution < 1.29 is 4.74 Å². The molecule has 1 aliphatic rings. The second-order valence-electron chi connectivity index (χ2n) is 5.27. The minimum absolute atomic E-state index is 0.350. The zero-order chi connectivity index (χ0) is 13.6. The molecule has 1 aliphatic heterocycles. The summed E-state index contributed by atoms with van der Waals surface area (Å²) in [5, 5.41) is 0. The van der Waals surface area contributed by atoms with Crippen molar-refractivity contribution in [2.24, 2.45) is 0 Å². The molecule has 2 aromatic rings. The summed E-state index contributed by atoms with van der Waals surface area (Å²) in [7, 11) is 0. The van der Waals surface area contributed by atoms with Crippen LogP contribution < -0.4 is 4.74 Å². The van der Waals surface area contributed by atoms with Crippen molar-refractivity contribution in [1.29, 1.82) is 0 Å². The van der Waals surface area contributed by atoms with E-state index in [2.05, 4.69) is 16.0 Å². The van der Waals surface area contributed by atoms with Crippen molar-refractivity contribution in [3.8, 4) is 5.75 Å². The van der Waals surface area contributed by atoms with E-state index in [1.807, 2.05) is 48.8 Å². The summed E-state index contributed by atoms with van der Waals surface area (Å²) in [5.41, 5.74) is 1.29. The van der Waals surface area contributed by atoms with Crippen LogP contribution in [-0.4, -0.2) is 29.1 Å². The Morgan fingerprint density at radius 3 is 2.55 bits per heavy atom. The van der Waals surface area contributed by atoms with Crippen molar-refractivity contribution in [2.45, 2.75) is 25.5 Å². The molecule has 0 saturated carbocycles. The first-order valence-corrected chi connectivity index (χ1v) is 7.23. The number of aromatic nitrogens is 1. The summed E-state index contributed by atoms with van der Waals surface area (Å²) in [4.78, 5) is 6.64. The number of hydrogen-bond donors (Lipinski definition) is 0. The fraction of sp³-hybridized carbons (Fsp3) is 0.353. The van der Waals surface area contributed by atoms with Gasteiger partial charge < -0.3 is 4.74 Å². The maximum atomic E-state index is 6.01. The SMILES string of the molecule is c1ccc(OC2CCN(Cc3cccnc3)CC2)cc1. The highest BCUT2D eigenvalue weighted by Crippen LogP contribution is 2.19. The molecular weight excluding hydrogens is 248 g/mol. The van der Waals surface area contributed by atoms with Gasteiger partial charge in [-0.05, 0) is 36.6 Å². The number of rotatable bonds is 4. The van der Waals surface area contributed by atoms with E-state index in [0.29, 0.717) is 6.10 Å². The Bertz CT molecular complexity index is 458. The van der Waals surface area contributed by atoms with Crippen LogP contribution >= 0.6 is 0 Å². The van der Waals surface area contributed by atoms with Gasteiger partial charge in [-0.15, -0.1) is 0 Å². The number of ether oxygens (including phenoxy) is 1. The molecule has 0 bridgehead atoms. The molecule has 3 heteroatoms. The van der Waals surface area contributed by atoms with Gasteiger partial charge in [0.05, 0.1) is 0 Å². The Hall–Kier alpha value is -1.87. The fourth-order valence-corrected chi connectivity index (χ4v) is 2.63.